The highest BCUT2D eigenvalue weighted by atomic mass is 16.2. The summed E-state index contributed by atoms with van der Waals surface area (Å²) in [5.74, 6) is 0. The van der Waals surface area contributed by atoms with Crippen LogP contribution < -0.4 is 5.32 Å². The van der Waals surface area contributed by atoms with Crippen molar-refractivity contribution in [2.24, 2.45) is 7.05 Å². The molecule has 0 radical (unpaired) electrons. The normalized spacial score (nSPS) is 10.4. The fraction of sp³-hybridized carbons (Fsp3) is 0.333. The number of benzene rings is 1. The lowest BCUT2D eigenvalue weighted by Gasteiger charge is -2.17. The number of carbonyl (C=O) groups is 1. The van der Waals surface area contributed by atoms with Gasteiger partial charge >= 0.3 is 6.03 Å². The Kier molecular flexibility index (Phi) is 4.08. The molecule has 1 N–H and O–H groups in total. The number of aryl methyl sites for hydroxylation is 3. The Hall–Kier alpha value is -2.30. The second-order valence-electron chi connectivity index (χ2n) is 5.07. The van der Waals surface area contributed by atoms with Crippen LogP contribution in [0.1, 0.15) is 16.8 Å². The van der Waals surface area contributed by atoms with Crippen LogP contribution in [0.4, 0.5) is 10.5 Å². The van der Waals surface area contributed by atoms with Crippen LogP contribution in [-0.2, 0) is 13.6 Å². The fourth-order valence-electron chi connectivity index (χ4n) is 2.07. The minimum atomic E-state index is -0.126. The van der Waals surface area contributed by atoms with E-state index < -0.39 is 0 Å². The maximum absolute atomic E-state index is 12.1. The zero-order valence-corrected chi connectivity index (χ0v) is 12.3. The number of carbonyl (C=O) groups excluding carboxylic acids is 1. The molecule has 0 aliphatic heterocycles. The van der Waals surface area contributed by atoms with Gasteiger partial charge in [-0.3, -0.25) is 4.68 Å². The van der Waals surface area contributed by atoms with Gasteiger partial charge in [0.15, 0.2) is 0 Å². The average Bonchev–Trinajstić information content (AvgIpc) is 2.67. The van der Waals surface area contributed by atoms with Gasteiger partial charge < -0.3 is 10.2 Å². The molecule has 0 saturated heterocycles. The zero-order chi connectivity index (χ0) is 14.7. The van der Waals surface area contributed by atoms with Gasteiger partial charge in [0.1, 0.15) is 0 Å². The van der Waals surface area contributed by atoms with Crippen molar-refractivity contribution < 1.29 is 4.79 Å². The van der Waals surface area contributed by atoms with E-state index in [1.165, 1.54) is 0 Å². The van der Waals surface area contributed by atoms with Crippen molar-refractivity contribution in [3.05, 3.63) is 47.3 Å². The van der Waals surface area contributed by atoms with Crippen molar-refractivity contribution in [3.63, 3.8) is 0 Å². The SMILES string of the molecule is Cc1cccc(NC(=O)N(C)Cc2cn(C)nc2C)c1. The monoisotopic (exact) mass is 272 g/mol. The number of aromatic nitrogens is 2. The smallest absolute Gasteiger partial charge is 0.321 e. The number of nitrogens with one attached hydrogen (secondary N) is 1. The lowest BCUT2D eigenvalue weighted by Crippen LogP contribution is -2.30. The molecule has 0 aliphatic carbocycles. The highest BCUT2D eigenvalue weighted by Crippen LogP contribution is 2.12. The number of amides is 2. The molecule has 2 aromatic rings. The topological polar surface area (TPSA) is 50.2 Å². The molecular formula is C15H20N4O. The molecule has 106 valence electrons. The molecule has 2 rings (SSSR count). The Morgan fingerprint density at radius 2 is 2.15 bits per heavy atom. The Labute approximate surface area is 119 Å². The summed E-state index contributed by atoms with van der Waals surface area (Å²) in [6, 6.07) is 7.63. The molecule has 20 heavy (non-hydrogen) atoms. The molecule has 1 heterocycles. The molecule has 0 unspecified atom stereocenters. The van der Waals surface area contributed by atoms with Crippen LogP contribution in [0.3, 0.4) is 0 Å². The zero-order valence-electron chi connectivity index (χ0n) is 12.3. The van der Waals surface area contributed by atoms with Crippen LogP contribution >= 0.6 is 0 Å². The van der Waals surface area contributed by atoms with Crippen LogP contribution in [0.25, 0.3) is 0 Å². The van der Waals surface area contributed by atoms with E-state index in [0.717, 1.165) is 22.5 Å². The number of hydrogen-bond donors (Lipinski definition) is 1. The number of urea groups is 1. The van der Waals surface area contributed by atoms with Gasteiger partial charge in [-0.25, -0.2) is 4.79 Å². The lowest BCUT2D eigenvalue weighted by molar-refractivity contribution is 0.220. The van der Waals surface area contributed by atoms with Gasteiger partial charge in [0.25, 0.3) is 0 Å². The third kappa shape index (κ3) is 3.38. The van der Waals surface area contributed by atoms with Crippen LogP contribution in [0, 0.1) is 13.8 Å². The summed E-state index contributed by atoms with van der Waals surface area (Å²) in [5.41, 5.74) is 3.93. The quantitative estimate of drug-likeness (QED) is 0.934. The maximum atomic E-state index is 12.1. The van der Waals surface area contributed by atoms with Gasteiger partial charge in [-0.05, 0) is 31.5 Å². The Balaban J connectivity index is 2.00. The number of hydrogen-bond acceptors (Lipinski definition) is 2. The van der Waals surface area contributed by atoms with E-state index >= 15 is 0 Å². The first-order valence-electron chi connectivity index (χ1n) is 6.53. The van der Waals surface area contributed by atoms with Crippen molar-refractivity contribution in [2.45, 2.75) is 20.4 Å². The third-order valence-electron chi connectivity index (χ3n) is 3.14. The fourth-order valence-corrected chi connectivity index (χ4v) is 2.07. The van der Waals surface area contributed by atoms with E-state index in [-0.39, 0.29) is 6.03 Å². The van der Waals surface area contributed by atoms with Crippen LogP contribution in [0.15, 0.2) is 30.5 Å². The van der Waals surface area contributed by atoms with E-state index in [2.05, 4.69) is 10.4 Å². The molecule has 0 saturated carbocycles. The predicted molar refractivity (Wildman–Crippen MR) is 79.6 cm³/mol. The number of rotatable bonds is 3. The van der Waals surface area contributed by atoms with E-state index in [0.29, 0.717) is 6.54 Å². The molecule has 0 atom stereocenters. The summed E-state index contributed by atoms with van der Waals surface area (Å²) < 4.78 is 1.76. The number of nitrogens with zero attached hydrogens (tertiary/aromatic N) is 3. The molecule has 5 heteroatoms. The van der Waals surface area contributed by atoms with Crippen molar-refractivity contribution in [3.8, 4) is 0 Å². The highest BCUT2D eigenvalue weighted by Gasteiger charge is 2.12. The van der Waals surface area contributed by atoms with Crippen molar-refractivity contribution in [1.29, 1.82) is 0 Å². The standard InChI is InChI=1S/C15H20N4O/c1-11-6-5-7-14(8-11)16-15(20)18(3)9-13-10-19(4)17-12(13)2/h5-8,10H,9H2,1-4H3,(H,16,20). The minimum absolute atomic E-state index is 0.126. The maximum Gasteiger partial charge on any atom is 0.321 e. The second kappa shape index (κ2) is 5.77. The number of anilines is 1. The van der Waals surface area contributed by atoms with Crippen LogP contribution in [-0.4, -0.2) is 27.8 Å². The van der Waals surface area contributed by atoms with Crippen molar-refractivity contribution in [1.82, 2.24) is 14.7 Å². The van der Waals surface area contributed by atoms with E-state index in [1.807, 2.05) is 51.4 Å². The van der Waals surface area contributed by atoms with Gasteiger partial charge in [-0.1, -0.05) is 12.1 Å². The van der Waals surface area contributed by atoms with Gasteiger partial charge in [0.2, 0.25) is 0 Å². The first-order valence-corrected chi connectivity index (χ1v) is 6.53. The molecule has 2 amide bonds. The second-order valence-corrected chi connectivity index (χ2v) is 5.07. The van der Waals surface area contributed by atoms with E-state index in [9.17, 15) is 4.79 Å². The molecule has 0 spiro atoms. The van der Waals surface area contributed by atoms with E-state index in [1.54, 1.807) is 16.6 Å². The summed E-state index contributed by atoms with van der Waals surface area (Å²) in [6.07, 6.45) is 1.94. The summed E-state index contributed by atoms with van der Waals surface area (Å²) in [6.45, 7) is 4.48. The first-order chi connectivity index (χ1) is 9.45. The Morgan fingerprint density at radius 3 is 2.75 bits per heavy atom. The molecule has 0 bridgehead atoms. The largest absolute Gasteiger partial charge is 0.323 e. The Morgan fingerprint density at radius 1 is 1.40 bits per heavy atom. The highest BCUT2D eigenvalue weighted by molar-refractivity contribution is 5.89. The van der Waals surface area contributed by atoms with Crippen LogP contribution in [0.2, 0.25) is 0 Å². The lowest BCUT2D eigenvalue weighted by atomic mass is 10.2. The first kappa shape index (κ1) is 14.1. The summed E-state index contributed by atoms with van der Waals surface area (Å²) in [5, 5.41) is 7.17. The molecule has 0 fully saturated rings. The van der Waals surface area contributed by atoms with Gasteiger partial charge in [0.05, 0.1) is 12.2 Å². The van der Waals surface area contributed by atoms with E-state index in [4.69, 9.17) is 0 Å². The molecule has 1 aromatic carbocycles. The van der Waals surface area contributed by atoms with Gasteiger partial charge in [-0.2, -0.15) is 5.10 Å². The minimum Gasteiger partial charge on any atom is -0.323 e. The summed E-state index contributed by atoms with van der Waals surface area (Å²) in [4.78, 5) is 13.8. The third-order valence-corrected chi connectivity index (χ3v) is 3.14. The van der Waals surface area contributed by atoms with Crippen LogP contribution in [0.5, 0.6) is 0 Å². The van der Waals surface area contributed by atoms with Crippen molar-refractivity contribution >= 4 is 11.7 Å². The molecule has 0 aliphatic rings. The average molecular weight is 272 g/mol. The molecule has 5 nitrogen and oxygen atoms in total. The van der Waals surface area contributed by atoms with Crippen molar-refractivity contribution in [2.75, 3.05) is 12.4 Å². The molecular weight excluding hydrogens is 252 g/mol. The van der Waals surface area contributed by atoms with Gasteiger partial charge in [0, 0.05) is 31.5 Å². The van der Waals surface area contributed by atoms with Gasteiger partial charge in [-0.15, -0.1) is 0 Å². The summed E-state index contributed by atoms with van der Waals surface area (Å²) >= 11 is 0. The molecule has 1 aromatic heterocycles. The summed E-state index contributed by atoms with van der Waals surface area (Å²) in [7, 11) is 3.65. The Bertz CT molecular complexity index is 618. The predicted octanol–water partition coefficient (Wildman–Crippen LogP) is 2.70.